The number of aromatic nitrogens is 1. The van der Waals surface area contributed by atoms with Gasteiger partial charge in [0.05, 0.1) is 16.2 Å². The summed E-state index contributed by atoms with van der Waals surface area (Å²) >= 11 is 0. The number of ether oxygens (including phenoxy) is 1. The summed E-state index contributed by atoms with van der Waals surface area (Å²) < 4.78 is 5.42. The van der Waals surface area contributed by atoms with Gasteiger partial charge in [0.1, 0.15) is 0 Å². The second kappa shape index (κ2) is 5.58. The Labute approximate surface area is 120 Å². The number of nitro benzene ring substituents is 1. The van der Waals surface area contributed by atoms with E-state index in [1.807, 2.05) is 0 Å². The van der Waals surface area contributed by atoms with E-state index in [0.29, 0.717) is 5.56 Å². The Hall–Kier alpha value is -2.96. The van der Waals surface area contributed by atoms with E-state index >= 15 is 0 Å². The summed E-state index contributed by atoms with van der Waals surface area (Å²) in [5, 5.41) is 20.0. The lowest BCUT2D eigenvalue weighted by Gasteiger charge is -2.08. The molecule has 7 heteroatoms. The van der Waals surface area contributed by atoms with Crippen LogP contribution in [-0.2, 0) is 0 Å². The van der Waals surface area contributed by atoms with Crippen molar-refractivity contribution >= 4 is 11.7 Å². The normalized spacial score (nSPS) is 10.2. The van der Waals surface area contributed by atoms with E-state index in [0.717, 1.165) is 0 Å². The Morgan fingerprint density at radius 3 is 2.57 bits per heavy atom. The van der Waals surface area contributed by atoms with E-state index in [1.165, 1.54) is 25.1 Å². The highest BCUT2D eigenvalue weighted by Gasteiger charge is 2.19. The van der Waals surface area contributed by atoms with Crippen LogP contribution in [0.25, 0.3) is 0 Å². The van der Waals surface area contributed by atoms with E-state index in [1.54, 1.807) is 19.1 Å². The number of nitrogens with zero attached hydrogens (tertiary/aromatic N) is 2. The minimum atomic E-state index is -1.09. The molecular weight excluding hydrogens is 276 g/mol. The van der Waals surface area contributed by atoms with Crippen LogP contribution in [0.5, 0.6) is 11.6 Å². The summed E-state index contributed by atoms with van der Waals surface area (Å²) in [5.74, 6) is -0.922. The molecule has 0 aliphatic carbocycles. The van der Waals surface area contributed by atoms with Crippen molar-refractivity contribution in [2.24, 2.45) is 0 Å². The van der Waals surface area contributed by atoms with Crippen LogP contribution in [0.1, 0.15) is 21.6 Å². The third-order valence-electron chi connectivity index (χ3n) is 2.89. The third-order valence-corrected chi connectivity index (χ3v) is 2.89. The average Bonchev–Trinajstić information content (AvgIpc) is 2.37. The van der Waals surface area contributed by atoms with Gasteiger partial charge in [-0.2, -0.15) is 0 Å². The molecule has 0 aliphatic rings. The van der Waals surface area contributed by atoms with Crippen LogP contribution in [0.3, 0.4) is 0 Å². The summed E-state index contributed by atoms with van der Waals surface area (Å²) in [6.07, 6.45) is 0. The van der Waals surface area contributed by atoms with Crippen LogP contribution in [0.4, 0.5) is 5.69 Å². The van der Waals surface area contributed by atoms with Crippen molar-refractivity contribution in [1.82, 2.24) is 4.98 Å². The number of carboxylic acids is 1. The fourth-order valence-electron chi connectivity index (χ4n) is 1.88. The molecule has 1 aromatic carbocycles. The number of para-hydroxylation sites is 1. The van der Waals surface area contributed by atoms with E-state index in [4.69, 9.17) is 9.84 Å². The summed E-state index contributed by atoms with van der Waals surface area (Å²) in [6.45, 7) is 3.14. The SMILES string of the molecule is Cc1cccc(Oc2ccc(C(=O)O)c(C)n2)c1[N+](=O)[O-]. The molecule has 0 spiro atoms. The first-order valence-electron chi connectivity index (χ1n) is 6.03. The predicted molar refractivity (Wildman–Crippen MR) is 73.8 cm³/mol. The minimum Gasteiger partial charge on any atom is -0.478 e. The Morgan fingerprint density at radius 2 is 2.00 bits per heavy atom. The van der Waals surface area contributed by atoms with Gasteiger partial charge >= 0.3 is 11.7 Å². The lowest BCUT2D eigenvalue weighted by atomic mass is 10.2. The van der Waals surface area contributed by atoms with Gasteiger partial charge in [-0.05, 0) is 26.0 Å². The summed E-state index contributed by atoms with van der Waals surface area (Å²) in [7, 11) is 0. The molecule has 0 fully saturated rings. The Kier molecular flexibility index (Phi) is 3.84. The number of hydrogen-bond acceptors (Lipinski definition) is 5. The molecule has 108 valence electrons. The van der Waals surface area contributed by atoms with Crippen molar-refractivity contribution in [3.8, 4) is 11.6 Å². The van der Waals surface area contributed by atoms with Crippen molar-refractivity contribution in [1.29, 1.82) is 0 Å². The maximum Gasteiger partial charge on any atom is 0.337 e. The molecule has 0 unspecified atom stereocenters. The average molecular weight is 288 g/mol. The third kappa shape index (κ3) is 2.97. The van der Waals surface area contributed by atoms with Crippen LogP contribution in [-0.4, -0.2) is 21.0 Å². The predicted octanol–water partition coefficient (Wildman–Crippen LogP) is 3.10. The highest BCUT2D eigenvalue weighted by Crippen LogP contribution is 2.33. The maximum atomic E-state index is 11.1. The van der Waals surface area contributed by atoms with Gasteiger partial charge in [0.15, 0.2) is 0 Å². The maximum absolute atomic E-state index is 11.1. The van der Waals surface area contributed by atoms with Gasteiger partial charge in [0.25, 0.3) is 0 Å². The van der Waals surface area contributed by atoms with Gasteiger partial charge in [0.2, 0.25) is 11.6 Å². The van der Waals surface area contributed by atoms with E-state index in [-0.39, 0.29) is 28.6 Å². The molecule has 0 saturated heterocycles. The van der Waals surface area contributed by atoms with Gasteiger partial charge in [-0.1, -0.05) is 12.1 Å². The van der Waals surface area contributed by atoms with E-state index in [2.05, 4.69) is 4.98 Å². The topological polar surface area (TPSA) is 103 Å². The number of carboxylic acid groups (broad SMARTS) is 1. The Bertz CT molecular complexity index is 727. The van der Waals surface area contributed by atoms with Gasteiger partial charge in [-0.25, -0.2) is 9.78 Å². The second-order valence-electron chi connectivity index (χ2n) is 4.37. The molecule has 0 aliphatic heterocycles. The Balaban J connectivity index is 2.39. The molecule has 21 heavy (non-hydrogen) atoms. The summed E-state index contributed by atoms with van der Waals surface area (Å²) in [6, 6.07) is 7.42. The highest BCUT2D eigenvalue weighted by molar-refractivity contribution is 5.88. The molecule has 2 rings (SSSR count). The van der Waals surface area contributed by atoms with Crippen molar-refractivity contribution < 1.29 is 19.6 Å². The van der Waals surface area contributed by atoms with Crippen molar-refractivity contribution in [3.05, 3.63) is 57.3 Å². The molecular formula is C14H12N2O5. The highest BCUT2D eigenvalue weighted by atomic mass is 16.6. The molecule has 1 heterocycles. The van der Waals surface area contributed by atoms with Gasteiger partial charge in [-0.15, -0.1) is 0 Å². The number of hydrogen-bond donors (Lipinski definition) is 1. The van der Waals surface area contributed by atoms with Crippen LogP contribution >= 0.6 is 0 Å². The summed E-state index contributed by atoms with van der Waals surface area (Å²) in [5.41, 5.74) is 0.659. The smallest absolute Gasteiger partial charge is 0.337 e. The first kappa shape index (κ1) is 14.4. The zero-order chi connectivity index (χ0) is 15.6. The first-order chi connectivity index (χ1) is 9.90. The van der Waals surface area contributed by atoms with E-state index < -0.39 is 10.9 Å². The van der Waals surface area contributed by atoms with Crippen LogP contribution in [0, 0.1) is 24.0 Å². The lowest BCUT2D eigenvalue weighted by Crippen LogP contribution is -2.03. The van der Waals surface area contributed by atoms with E-state index in [9.17, 15) is 14.9 Å². The monoisotopic (exact) mass is 288 g/mol. The fourth-order valence-corrected chi connectivity index (χ4v) is 1.88. The number of benzene rings is 1. The van der Waals surface area contributed by atoms with Crippen LogP contribution in [0.2, 0.25) is 0 Å². The van der Waals surface area contributed by atoms with Crippen LogP contribution < -0.4 is 4.74 Å². The Morgan fingerprint density at radius 1 is 1.29 bits per heavy atom. The zero-order valence-electron chi connectivity index (χ0n) is 11.4. The molecule has 0 amide bonds. The molecule has 2 aromatic rings. The zero-order valence-corrected chi connectivity index (χ0v) is 11.4. The standard InChI is InChI=1S/C14H12N2O5/c1-8-4-3-5-11(13(8)16(19)20)21-12-7-6-10(14(17)18)9(2)15-12/h3-7H,1-2H3,(H,17,18). The second-order valence-corrected chi connectivity index (χ2v) is 4.37. The van der Waals surface area contributed by atoms with Gasteiger partial charge in [-0.3, -0.25) is 10.1 Å². The van der Waals surface area contributed by atoms with Crippen LogP contribution in [0.15, 0.2) is 30.3 Å². The molecule has 1 N–H and O–H groups in total. The number of aromatic carboxylic acids is 1. The molecule has 0 bridgehead atoms. The molecule has 0 radical (unpaired) electrons. The fraction of sp³-hybridized carbons (Fsp3) is 0.143. The largest absolute Gasteiger partial charge is 0.478 e. The minimum absolute atomic E-state index is 0.0566. The first-order valence-corrected chi connectivity index (χ1v) is 6.03. The lowest BCUT2D eigenvalue weighted by molar-refractivity contribution is -0.386. The van der Waals surface area contributed by atoms with Crippen molar-refractivity contribution in [3.63, 3.8) is 0 Å². The summed E-state index contributed by atoms with van der Waals surface area (Å²) in [4.78, 5) is 25.4. The quantitative estimate of drug-likeness (QED) is 0.685. The molecule has 7 nitrogen and oxygen atoms in total. The number of nitro groups is 1. The number of pyridine rings is 1. The van der Waals surface area contributed by atoms with Gasteiger partial charge in [0, 0.05) is 11.6 Å². The number of aryl methyl sites for hydroxylation is 2. The van der Waals surface area contributed by atoms with Gasteiger partial charge < -0.3 is 9.84 Å². The molecule has 0 saturated carbocycles. The molecule has 1 aromatic heterocycles. The number of carbonyl (C=O) groups is 1. The van der Waals surface area contributed by atoms with Crippen molar-refractivity contribution in [2.75, 3.05) is 0 Å². The number of rotatable bonds is 4. The molecule has 0 atom stereocenters. The van der Waals surface area contributed by atoms with Crippen molar-refractivity contribution in [2.45, 2.75) is 13.8 Å².